The third-order valence-corrected chi connectivity index (χ3v) is 2.77. The molecule has 1 aromatic carbocycles. The number of nitrogens with zero attached hydrogens (tertiary/aromatic N) is 2. The summed E-state index contributed by atoms with van der Waals surface area (Å²) in [6.45, 7) is 0.0606. The Balaban J connectivity index is 2.25. The molecule has 2 aromatic rings. The number of rotatable bonds is 3. The van der Waals surface area contributed by atoms with Gasteiger partial charge >= 0.3 is 12.1 Å². The Labute approximate surface area is 118 Å². The van der Waals surface area contributed by atoms with Crippen molar-refractivity contribution in [1.29, 1.82) is 0 Å². The first-order valence-electron chi connectivity index (χ1n) is 5.88. The Kier molecular flexibility index (Phi) is 3.88. The number of carbonyl (C=O) groups is 1. The number of benzene rings is 1. The van der Waals surface area contributed by atoms with Gasteiger partial charge in [-0.25, -0.2) is 4.79 Å². The van der Waals surface area contributed by atoms with Crippen molar-refractivity contribution in [2.24, 2.45) is 0 Å². The smallest absolute Gasteiger partial charge is 0.416 e. The standard InChI is InChI=1S/C13H12F3N3O2/c1-21-12(20)11-10(17)7-19(18-11)6-8-3-2-4-9(5-8)13(14,15)16/h2-5,7H,6,17H2,1H3. The van der Waals surface area contributed by atoms with Crippen LogP contribution < -0.4 is 5.73 Å². The van der Waals surface area contributed by atoms with Crippen molar-refractivity contribution in [2.75, 3.05) is 12.8 Å². The molecule has 1 aromatic heterocycles. The van der Waals surface area contributed by atoms with Crippen LogP contribution in [0.2, 0.25) is 0 Å². The number of nitrogen functional groups attached to an aromatic ring is 1. The molecular formula is C13H12F3N3O2. The van der Waals surface area contributed by atoms with Gasteiger partial charge in [0.2, 0.25) is 0 Å². The molecule has 0 aliphatic carbocycles. The van der Waals surface area contributed by atoms with Gasteiger partial charge < -0.3 is 10.5 Å². The third kappa shape index (κ3) is 3.33. The van der Waals surface area contributed by atoms with Gasteiger partial charge in [-0.2, -0.15) is 18.3 Å². The summed E-state index contributed by atoms with van der Waals surface area (Å²) in [5, 5.41) is 3.90. The predicted octanol–water partition coefficient (Wildman–Crippen LogP) is 2.32. The van der Waals surface area contributed by atoms with E-state index in [1.807, 2.05) is 0 Å². The summed E-state index contributed by atoms with van der Waals surface area (Å²) in [6.07, 6.45) is -3.04. The molecule has 0 aliphatic heterocycles. The lowest BCUT2D eigenvalue weighted by atomic mass is 10.1. The van der Waals surface area contributed by atoms with E-state index in [0.29, 0.717) is 5.56 Å². The molecule has 0 radical (unpaired) electrons. The van der Waals surface area contributed by atoms with Crippen molar-refractivity contribution in [3.8, 4) is 0 Å². The molecular weight excluding hydrogens is 287 g/mol. The maximum absolute atomic E-state index is 12.6. The number of ether oxygens (including phenoxy) is 1. The maximum Gasteiger partial charge on any atom is 0.416 e. The van der Waals surface area contributed by atoms with Crippen LogP contribution in [-0.4, -0.2) is 22.9 Å². The van der Waals surface area contributed by atoms with Crippen molar-refractivity contribution < 1.29 is 22.7 Å². The minimum Gasteiger partial charge on any atom is -0.464 e. The van der Waals surface area contributed by atoms with Crippen LogP contribution in [-0.2, 0) is 17.5 Å². The number of hydrogen-bond donors (Lipinski definition) is 1. The number of alkyl halides is 3. The number of aromatic nitrogens is 2. The molecule has 0 saturated carbocycles. The Morgan fingerprint density at radius 1 is 1.43 bits per heavy atom. The molecule has 0 saturated heterocycles. The fraction of sp³-hybridized carbons (Fsp3) is 0.231. The van der Waals surface area contributed by atoms with Crippen LogP contribution >= 0.6 is 0 Å². The number of hydrogen-bond acceptors (Lipinski definition) is 4. The SMILES string of the molecule is COC(=O)c1nn(Cc2cccc(C(F)(F)F)c2)cc1N. The molecule has 2 rings (SSSR count). The Morgan fingerprint density at radius 3 is 2.76 bits per heavy atom. The van der Waals surface area contributed by atoms with E-state index >= 15 is 0 Å². The summed E-state index contributed by atoms with van der Waals surface area (Å²) in [7, 11) is 1.19. The van der Waals surface area contributed by atoms with Crippen molar-refractivity contribution in [3.63, 3.8) is 0 Å². The molecule has 0 aliphatic rings. The van der Waals surface area contributed by atoms with E-state index in [1.54, 1.807) is 0 Å². The molecule has 0 atom stereocenters. The minimum atomic E-state index is -4.41. The molecule has 0 unspecified atom stereocenters. The van der Waals surface area contributed by atoms with Crippen LogP contribution in [0.15, 0.2) is 30.5 Å². The van der Waals surface area contributed by atoms with E-state index in [2.05, 4.69) is 9.84 Å². The molecule has 21 heavy (non-hydrogen) atoms. The van der Waals surface area contributed by atoms with E-state index in [-0.39, 0.29) is 17.9 Å². The van der Waals surface area contributed by atoms with Gasteiger partial charge in [0.15, 0.2) is 5.69 Å². The number of anilines is 1. The zero-order valence-electron chi connectivity index (χ0n) is 11.0. The third-order valence-electron chi connectivity index (χ3n) is 2.77. The maximum atomic E-state index is 12.6. The Hall–Kier alpha value is -2.51. The zero-order chi connectivity index (χ0) is 15.6. The summed E-state index contributed by atoms with van der Waals surface area (Å²) >= 11 is 0. The van der Waals surface area contributed by atoms with Gasteiger partial charge in [0.25, 0.3) is 0 Å². The van der Waals surface area contributed by atoms with Crippen molar-refractivity contribution >= 4 is 11.7 Å². The highest BCUT2D eigenvalue weighted by Crippen LogP contribution is 2.29. The van der Waals surface area contributed by atoms with Gasteiger partial charge in [-0.3, -0.25) is 4.68 Å². The highest BCUT2D eigenvalue weighted by Gasteiger charge is 2.30. The summed E-state index contributed by atoms with van der Waals surface area (Å²) in [5.41, 5.74) is 5.30. The van der Waals surface area contributed by atoms with Crippen LogP contribution in [0.3, 0.4) is 0 Å². The van der Waals surface area contributed by atoms with Crippen LogP contribution in [0.25, 0.3) is 0 Å². The lowest BCUT2D eigenvalue weighted by molar-refractivity contribution is -0.137. The van der Waals surface area contributed by atoms with Gasteiger partial charge in [0.1, 0.15) is 0 Å². The molecule has 1 heterocycles. The fourth-order valence-corrected chi connectivity index (χ4v) is 1.81. The second-order valence-corrected chi connectivity index (χ2v) is 4.32. The molecule has 5 nitrogen and oxygen atoms in total. The van der Waals surface area contributed by atoms with Crippen molar-refractivity contribution in [2.45, 2.75) is 12.7 Å². The first-order chi connectivity index (χ1) is 9.81. The van der Waals surface area contributed by atoms with E-state index in [9.17, 15) is 18.0 Å². The first-order valence-corrected chi connectivity index (χ1v) is 5.88. The minimum absolute atomic E-state index is 0.0606. The highest BCUT2D eigenvalue weighted by atomic mass is 19.4. The van der Waals surface area contributed by atoms with E-state index < -0.39 is 17.7 Å². The second-order valence-electron chi connectivity index (χ2n) is 4.32. The number of methoxy groups -OCH3 is 1. The van der Waals surface area contributed by atoms with Gasteiger partial charge in [-0.15, -0.1) is 0 Å². The second kappa shape index (κ2) is 5.47. The van der Waals surface area contributed by atoms with Crippen LogP contribution in [0.4, 0.5) is 18.9 Å². The first kappa shape index (κ1) is 14.9. The van der Waals surface area contributed by atoms with Crippen LogP contribution in [0, 0.1) is 0 Å². The Bertz CT molecular complexity index is 665. The topological polar surface area (TPSA) is 70.1 Å². The highest BCUT2D eigenvalue weighted by molar-refractivity contribution is 5.92. The van der Waals surface area contributed by atoms with E-state index in [0.717, 1.165) is 12.1 Å². The van der Waals surface area contributed by atoms with Crippen LogP contribution in [0.1, 0.15) is 21.6 Å². The predicted molar refractivity (Wildman–Crippen MR) is 68.5 cm³/mol. The summed E-state index contributed by atoms with van der Waals surface area (Å²) in [5.74, 6) is -0.699. The number of halogens is 3. The zero-order valence-corrected chi connectivity index (χ0v) is 11.0. The lowest BCUT2D eigenvalue weighted by Gasteiger charge is -2.08. The summed E-state index contributed by atoms with van der Waals surface area (Å²) in [4.78, 5) is 11.4. The Morgan fingerprint density at radius 2 is 2.14 bits per heavy atom. The molecule has 0 amide bonds. The molecule has 112 valence electrons. The quantitative estimate of drug-likeness (QED) is 0.883. The molecule has 8 heteroatoms. The normalized spacial score (nSPS) is 11.4. The average molecular weight is 299 g/mol. The van der Waals surface area contributed by atoms with Gasteiger partial charge in [-0.05, 0) is 17.7 Å². The summed E-state index contributed by atoms with van der Waals surface area (Å²) < 4.78 is 43.7. The monoisotopic (exact) mass is 299 g/mol. The van der Waals surface area contributed by atoms with Gasteiger partial charge in [0, 0.05) is 6.20 Å². The van der Waals surface area contributed by atoms with E-state index in [4.69, 9.17) is 5.73 Å². The van der Waals surface area contributed by atoms with Gasteiger partial charge in [0.05, 0.1) is 24.9 Å². The van der Waals surface area contributed by atoms with Crippen molar-refractivity contribution in [3.05, 3.63) is 47.3 Å². The number of nitrogens with two attached hydrogens (primary N) is 1. The summed E-state index contributed by atoms with van der Waals surface area (Å²) in [6, 6.07) is 4.85. The van der Waals surface area contributed by atoms with E-state index in [1.165, 1.54) is 30.1 Å². The van der Waals surface area contributed by atoms with Crippen LogP contribution in [0.5, 0.6) is 0 Å². The lowest BCUT2D eigenvalue weighted by Crippen LogP contribution is -2.08. The largest absolute Gasteiger partial charge is 0.464 e. The number of carbonyl (C=O) groups excluding carboxylic acids is 1. The molecule has 2 N–H and O–H groups in total. The number of esters is 1. The molecule has 0 bridgehead atoms. The average Bonchev–Trinajstić information content (AvgIpc) is 2.78. The molecule has 0 fully saturated rings. The van der Waals surface area contributed by atoms with Gasteiger partial charge in [-0.1, -0.05) is 12.1 Å². The molecule has 0 spiro atoms. The van der Waals surface area contributed by atoms with Crippen molar-refractivity contribution in [1.82, 2.24) is 9.78 Å². The fourth-order valence-electron chi connectivity index (χ4n) is 1.81.